The molecule has 0 aromatic carbocycles. The van der Waals surface area contributed by atoms with Crippen LogP contribution in [0.4, 0.5) is 0 Å². The van der Waals surface area contributed by atoms with Crippen molar-refractivity contribution in [2.24, 2.45) is 5.73 Å². The van der Waals surface area contributed by atoms with Crippen LogP contribution in [-0.2, 0) is 24.0 Å². The largest absolute Gasteiger partial charge is 0.481 e. The van der Waals surface area contributed by atoms with Gasteiger partial charge in [0.05, 0.1) is 12.7 Å². The molecule has 0 aliphatic carbocycles. The van der Waals surface area contributed by atoms with Crippen LogP contribution in [0, 0.1) is 0 Å². The van der Waals surface area contributed by atoms with Crippen LogP contribution in [0.25, 0.3) is 0 Å². The minimum Gasteiger partial charge on any atom is -0.481 e. The molecule has 0 heterocycles. The summed E-state index contributed by atoms with van der Waals surface area (Å²) < 4.78 is 0. The molecule has 9 N–H and O–H groups in total. The van der Waals surface area contributed by atoms with Gasteiger partial charge in [-0.25, -0.2) is 4.79 Å². The summed E-state index contributed by atoms with van der Waals surface area (Å²) in [6, 6.07) is -5.50. The maximum Gasteiger partial charge on any atom is 0.326 e. The second-order valence-corrected chi connectivity index (χ2v) is 7.68. The van der Waals surface area contributed by atoms with Crippen molar-refractivity contribution in [1.82, 2.24) is 16.0 Å². The number of aliphatic hydroxyl groups is 2. The van der Waals surface area contributed by atoms with E-state index in [1.165, 1.54) is 18.7 Å². The average molecular weight is 467 g/mol. The quantitative estimate of drug-likeness (QED) is 0.120. The second-order valence-electron chi connectivity index (χ2n) is 6.69. The first kappa shape index (κ1) is 28.6. The number of carboxylic acids is 2. The molecular formula is C17H30N4O9S. The number of nitrogens with one attached hydrogen (secondary N) is 3. The van der Waals surface area contributed by atoms with Gasteiger partial charge in [-0.2, -0.15) is 11.8 Å². The lowest BCUT2D eigenvalue weighted by atomic mass is 10.1. The lowest BCUT2D eigenvalue weighted by molar-refractivity contribution is -0.143. The highest BCUT2D eigenvalue weighted by molar-refractivity contribution is 7.98. The van der Waals surface area contributed by atoms with E-state index >= 15 is 0 Å². The van der Waals surface area contributed by atoms with Gasteiger partial charge in [0, 0.05) is 6.42 Å². The van der Waals surface area contributed by atoms with E-state index in [2.05, 4.69) is 16.0 Å². The second kappa shape index (κ2) is 14.6. The number of carbonyl (C=O) groups excluding carboxylic acids is 3. The fourth-order valence-corrected chi connectivity index (χ4v) is 2.78. The first-order chi connectivity index (χ1) is 14.4. The van der Waals surface area contributed by atoms with Crippen LogP contribution in [0.1, 0.15) is 26.2 Å². The van der Waals surface area contributed by atoms with Crippen molar-refractivity contribution in [3.05, 3.63) is 0 Å². The number of carbonyl (C=O) groups is 5. The van der Waals surface area contributed by atoms with E-state index in [0.29, 0.717) is 5.75 Å². The molecule has 3 amide bonds. The predicted octanol–water partition coefficient (Wildman–Crippen LogP) is -3.16. The maximum absolute atomic E-state index is 12.6. The molecule has 178 valence electrons. The van der Waals surface area contributed by atoms with E-state index < -0.39 is 73.0 Å². The van der Waals surface area contributed by atoms with E-state index in [4.69, 9.17) is 15.9 Å². The molecule has 14 heteroatoms. The standard InChI is InChI=1S/C17H30N4O9S/c1-8(23)13(21-14(26)9(18)7-22)16(28)19-10(5-6-31-2)15(27)20-11(17(29)30)3-4-12(24)25/h8-11,13,22-23H,3-7,18H2,1-2H3,(H,19,28)(H,20,27)(H,21,26)(H,24,25)(H,29,30). The van der Waals surface area contributed by atoms with Crippen molar-refractivity contribution in [3.63, 3.8) is 0 Å². The van der Waals surface area contributed by atoms with E-state index in [1.54, 1.807) is 6.26 Å². The van der Waals surface area contributed by atoms with Gasteiger partial charge in [0.2, 0.25) is 17.7 Å². The SMILES string of the molecule is CSCCC(NC(=O)C(NC(=O)C(N)CO)C(C)O)C(=O)NC(CCC(=O)O)C(=O)O. The molecule has 0 fully saturated rings. The van der Waals surface area contributed by atoms with Crippen molar-refractivity contribution in [2.75, 3.05) is 18.6 Å². The van der Waals surface area contributed by atoms with Crippen molar-refractivity contribution < 1.29 is 44.4 Å². The summed E-state index contributed by atoms with van der Waals surface area (Å²) in [5.41, 5.74) is 5.37. The number of rotatable bonds is 15. The third-order valence-corrected chi connectivity index (χ3v) is 4.75. The molecule has 0 saturated carbocycles. The minimum atomic E-state index is -1.49. The highest BCUT2D eigenvalue weighted by Gasteiger charge is 2.32. The number of aliphatic carboxylic acids is 2. The molecule has 0 aliphatic heterocycles. The molecule has 0 rings (SSSR count). The average Bonchev–Trinajstić information content (AvgIpc) is 2.70. The van der Waals surface area contributed by atoms with Gasteiger partial charge in [-0.15, -0.1) is 0 Å². The lowest BCUT2D eigenvalue weighted by Gasteiger charge is -2.26. The van der Waals surface area contributed by atoms with Crippen molar-refractivity contribution in [1.29, 1.82) is 0 Å². The molecule has 0 aromatic heterocycles. The number of thioether (sulfide) groups is 1. The van der Waals surface area contributed by atoms with Crippen LogP contribution in [0.5, 0.6) is 0 Å². The zero-order valence-corrected chi connectivity index (χ0v) is 18.1. The summed E-state index contributed by atoms with van der Waals surface area (Å²) in [6.07, 6.45) is -0.369. The van der Waals surface area contributed by atoms with Gasteiger partial charge in [-0.1, -0.05) is 0 Å². The molecule has 0 bridgehead atoms. The van der Waals surface area contributed by atoms with Gasteiger partial charge in [0.1, 0.15) is 24.2 Å². The molecule has 5 unspecified atom stereocenters. The third kappa shape index (κ3) is 11.0. The number of hydrogen-bond acceptors (Lipinski definition) is 9. The number of amides is 3. The van der Waals surface area contributed by atoms with Gasteiger partial charge in [-0.3, -0.25) is 19.2 Å². The van der Waals surface area contributed by atoms with Gasteiger partial charge < -0.3 is 42.1 Å². The Morgan fingerprint density at radius 3 is 1.97 bits per heavy atom. The number of nitrogens with two attached hydrogens (primary N) is 1. The molecule has 5 atom stereocenters. The summed E-state index contributed by atoms with van der Waals surface area (Å²) in [6.45, 7) is 0.532. The Bertz CT molecular complexity index is 647. The Balaban J connectivity index is 5.35. The molecule has 31 heavy (non-hydrogen) atoms. The molecule has 0 spiro atoms. The Kier molecular flexibility index (Phi) is 13.4. The fourth-order valence-electron chi connectivity index (χ4n) is 2.31. The van der Waals surface area contributed by atoms with E-state index in [-0.39, 0.29) is 12.8 Å². The summed E-state index contributed by atoms with van der Waals surface area (Å²) >= 11 is 1.36. The van der Waals surface area contributed by atoms with Crippen LogP contribution < -0.4 is 21.7 Å². The minimum absolute atomic E-state index is 0.0979. The first-order valence-corrected chi connectivity index (χ1v) is 10.7. The van der Waals surface area contributed by atoms with Crippen molar-refractivity contribution >= 4 is 41.4 Å². The topological polar surface area (TPSA) is 228 Å². The van der Waals surface area contributed by atoms with Crippen LogP contribution in [0.2, 0.25) is 0 Å². The van der Waals surface area contributed by atoms with E-state index in [9.17, 15) is 34.2 Å². The van der Waals surface area contributed by atoms with Crippen LogP contribution in [-0.4, -0.2) is 99.0 Å². The Labute approximate surface area is 183 Å². The summed E-state index contributed by atoms with van der Waals surface area (Å²) in [7, 11) is 0. The summed E-state index contributed by atoms with van der Waals surface area (Å²) in [4.78, 5) is 59.0. The van der Waals surface area contributed by atoms with Gasteiger partial charge in [0.15, 0.2) is 0 Å². The third-order valence-electron chi connectivity index (χ3n) is 4.10. The monoisotopic (exact) mass is 466 g/mol. The normalized spacial score (nSPS) is 15.6. The Hall–Kier alpha value is -2.42. The zero-order valence-electron chi connectivity index (χ0n) is 17.2. The highest BCUT2D eigenvalue weighted by Crippen LogP contribution is 2.05. The maximum atomic E-state index is 12.6. The molecule has 13 nitrogen and oxygen atoms in total. The van der Waals surface area contributed by atoms with E-state index in [0.717, 1.165) is 0 Å². The lowest BCUT2D eigenvalue weighted by Crippen LogP contribution is -2.60. The van der Waals surface area contributed by atoms with Gasteiger partial charge in [0.25, 0.3) is 0 Å². The molecule has 0 radical (unpaired) electrons. The summed E-state index contributed by atoms with van der Waals surface area (Å²) in [5, 5.41) is 43.4. The van der Waals surface area contributed by atoms with Crippen LogP contribution in [0.3, 0.4) is 0 Å². The fraction of sp³-hybridized carbons (Fsp3) is 0.706. The zero-order chi connectivity index (χ0) is 24.1. The molecule has 0 aromatic rings. The van der Waals surface area contributed by atoms with Crippen LogP contribution in [0.15, 0.2) is 0 Å². The predicted molar refractivity (Wildman–Crippen MR) is 110 cm³/mol. The molecule has 0 saturated heterocycles. The number of aliphatic hydroxyl groups excluding tert-OH is 2. The van der Waals surface area contributed by atoms with Crippen molar-refractivity contribution in [2.45, 2.75) is 56.5 Å². The van der Waals surface area contributed by atoms with Gasteiger partial charge in [-0.05, 0) is 31.8 Å². The van der Waals surface area contributed by atoms with Crippen LogP contribution >= 0.6 is 11.8 Å². The summed E-state index contributed by atoms with van der Waals surface area (Å²) in [5.74, 6) is -4.93. The van der Waals surface area contributed by atoms with Gasteiger partial charge >= 0.3 is 11.9 Å². The molecular weight excluding hydrogens is 436 g/mol. The van der Waals surface area contributed by atoms with E-state index in [1.807, 2.05) is 0 Å². The van der Waals surface area contributed by atoms with Crippen molar-refractivity contribution in [3.8, 4) is 0 Å². The number of carboxylic acid groups (broad SMARTS) is 2. The smallest absolute Gasteiger partial charge is 0.326 e. The highest BCUT2D eigenvalue weighted by atomic mass is 32.2. The number of hydrogen-bond donors (Lipinski definition) is 8. The Morgan fingerprint density at radius 1 is 0.935 bits per heavy atom. The Morgan fingerprint density at radius 2 is 1.52 bits per heavy atom. The molecule has 0 aliphatic rings. The first-order valence-electron chi connectivity index (χ1n) is 9.33.